The van der Waals surface area contributed by atoms with Gasteiger partial charge in [0.25, 0.3) is 0 Å². The number of hydrogen-bond donors (Lipinski definition) is 1. The number of rotatable bonds is 6. The molecule has 1 atom stereocenters. The van der Waals surface area contributed by atoms with Gasteiger partial charge in [-0.15, -0.1) is 0 Å². The molecule has 166 valence electrons. The Morgan fingerprint density at radius 3 is 2.87 bits per heavy atom. The number of carbonyl (C=O) groups excluding carboxylic acids is 1. The number of nitrogens with zero attached hydrogens (tertiary/aromatic N) is 4. The summed E-state index contributed by atoms with van der Waals surface area (Å²) in [6, 6.07) is 8.02. The molecule has 1 saturated heterocycles. The fraction of sp³-hybridized carbons (Fsp3) is 0.542. The van der Waals surface area contributed by atoms with Crippen LogP contribution in [-0.2, 0) is 17.8 Å². The second-order valence-corrected chi connectivity index (χ2v) is 8.61. The van der Waals surface area contributed by atoms with Gasteiger partial charge in [0.05, 0.1) is 18.3 Å². The van der Waals surface area contributed by atoms with Gasteiger partial charge in [-0.25, -0.2) is 9.97 Å². The number of piperidine rings is 1. The molecule has 0 unspecified atom stereocenters. The number of hydrogen-bond acceptors (Lipinski definition) is 6. The minimum absolute atomic E-state index is 0.0347. The number of carbonyl (C=O) groups is 1. The molecule has 0 radical (unpaired) electrons. The molecule has 3 heterocycles. The van der Waals surface area contributed by atoms with Crippen LogP contribution in [-0.4, -0.2) is 59.0 Å². The van der Waals surface area contributed by atoms with E-state index < -0.39 is 0 Å². The summed E-state index contributed by atoms with van der Waals surface area (Å²) < 4.78 is 5.95. The molecule has 2 aliphatic heterocycles. The van der Waals surface area contributed by atoms with Gasteiger partial charge in [0.1, 0.15) is 18.2 Å². The zero-order valence-electron chi connectivity index (χ0n) is 18.9. The molecule has 31 heavy (non-hydrogen) atoms. The Bertz CT molecular complexity index is 932. The van der Waals surface area contributed by atoms with Gasteiger partial charge in [0, 0.05) is 32.1 Å². The number of fused-ring (bicyclic) bond motifs is 1. The highest BCUT2D eigenvalue weighted by molar-refractivity contribution is 5.73. The molecule has 1 fully saturated rings. The van der Waals surface area contributed by atoms with E-state index in [1.54, 1.807) is 6.92 Å². The van der Waals surface area contributed by atoms with E-state index in [2.05, 4.69) is 30.3 Å². The summed E-state index contributed by atoms with van der Waals surface area (Å²) in [7, 11) is 2.12. The molecule has 1 N–H and O–H groups in total. The fourth-order valence-corrected chi connectivity index (χ4v) is 4.50. The van der Waals surface area contributed by atoms with Crippen molar-refractivity contribution in [3.63, 3.8) is 0 Å². The van der Waals surface area contributed by atoms with Crippen molar-refractivity contribution in [1.82, 2.24) is 19.8 Å². The summed E-state index contributed by atoms with van der Waals surface area (Å²) in [5, 5.41) is 3.50. The number of likely N-dealkylation sites (N-methyl/N-ethyl adjacent to an activating group) is 1. The average Bonchev–Trinajstić information content (AvgIpc) is 2.77. The number of likely N-dealkylation sites (tertiary alicyclic amines) is 1. The Labute approximate surface area is 184 Å². The van der Waals surface area contributed by atoms with Crippen LogP contribution in [0.2, 0.25) is 0 Å². The molecule has 1 aromatic heterocycles. The van der Waals surface area contributed by atoms with Crippen molar-refractivity contribution in [2.45, 2.75) is 52.1 Å². The standard InChI is InChI=1S/C24H33N5O2/c1-17-8-4-5-10-22(17)31-15-12-25-23-19-11-14-28(3)16-20(19)26-24(27-23)21-9-6-7-13-29(21)18(2)30/h4-5,8,10,21H,6-7,9,11-16H2,1-3H3,(H,25,26,27)/t21-/m1/s1. The van der Waals surface area contributed by atoms with Crippen molar-refractivity contribution in [2.24, 2.45) is 0 Å². The Kier molecular flexibility index (Phi) is 6.70. The predicted octanol–water partition coefficient (Wildman–Crippen LogP) is 3.34. The first-order chi connectivity index (χ1) is 15.0. The number of ether oxygens (including phenoxy) is 1. The highest BCUT2D eigenvalue weighted by atomic mass is 16.5. The quantitative estimate of drug-likeness (QED) is 0.719. The van der Waals surface area contributed by atoms with E-state index in [-0.39, 0.29) is 11.9 Å². The lowest BCUT2D eigenvalue weighted by molar-refractivity contribution is -0.132. The molecule has 7 heteroatoms. The van der Waals surface area contributed by atoms with E-state index in [9.17, 15) is 4.79 Å². The average molecular weight is 424 g/mol. The highest BCUT2D eigenvalue weighted by Crippen LogP contribution is 2.32. The Balaban J connectivity index is 1.53. The monoisotopic (exact) mass is 423 g/mol. The number of para-hydroxylation sites is 1. The van der Waals surface area contributed by atoms with Crippen LogP contribution < -0.4 is 10.1 Å². The summed E-state index contributed by atoms with van der Waals surface area (Å²) in [6.07, 6.45) is 3.99. The summed E-state index contributed by atoms with van der Waals surface area (Å²) in [5.74, 6) is 2.68. The van der Waals surface area contributed by atoms with Crippen molar-refractivity contribution < 1.29 is 9.53 Å². The first-order valence-corrected chi connectivity index (χ1v) is 11.3. The van der Waals surface area contributed by atoms with E-state index in [0.717, 1.165) is 74.0 Å². The largest absolute Gasteiger partial charge is 0.491 e. The van der Waals surface area contributed by atoms with Crippen LogP contribution in [0, 0.1) is 6.92 Å². The van der Waals surface area contributed by atoms with Crippen LogP contribution in [0.3, 0.4) is 0 Å². The SMILES string of the molecule is CC(=O)N1CCCC[C@@H]1c1nc2c(c(NCCOc3ccccc3C)n1)CCN(C)C2. The molecule has 1 amide bonds. The number of anilines is 1. The Morgan fingerprint density at radius 1 is 1.23 bits per heavy atom. The molecule has 2 aliphatic rings. The topological polar surface area (TPSA) is 70.6 Å². The van der Waals surface area contributed by atoms with E-state index in [0.29, 0.717) is 13.2 Å². The lowest BCUT2D eigenvalue weighted by atomic mass is 10.00. The van der Waals surface area contributed by atoms with Crippen molar-refractivity contribution >= 4 is 11.7 Å². The summed E-state index contributed by atoms with van der Waals surface area (Å²) >= 11 is 0. The molecule has 0 saturated carbocycles. The first kappa shape index (κ1) is 21.6. The zero-order chi connectivity index (χ0) is 21.8. The fourth-order valence-electron chi connectivity index (χ4n) is 4.50. The molecular formula is C24H33N5O2. The molecule has 4 rings (SSSR count). The van der Waals surface area contributed by atoms with Crippen molar-refractivity contribution in [1.29, 1.82) is 0 Å². The highest BCUT2D eigenvalue weighted by Gasteiger charge is 2.30. The third kappa shape index (κ3) is 4.98. The van der Waals surface area contributed by atoms with Crippen LogP contribution in [0.15, 0.2) is 24.3 Å². The smallest absolute Gasteiger partial charge is 0.220 e. The van der Waals surface area contributed by atoms with Gasteiger partial charge in [-0.3, -0.25) is 4.79 Å². The molecule has 0 spiro atoms. The van der Waals surface area contributed by atoms with Gasteiger partial charge in [-0.05, 0) is 51.3 Å². The van der Waals surface area contributed by atoms with Gasteiger partial charge < -0.3 is 19.9 Å². The van der Waals surface area contributed by atoms with Gasteiger partial charge in [-0.1, -0.05) is 18.2 Å². The molecule has 1 aromatic carbocycles. The lowest BCUT2D eigenvalue weighted by Crippen LogP contribution is -2.38. The third-order valence-corrected chi connectivity index (χ3v) is 6.22. The second-order valence-electron chi connectivity index (χ2n) is 8.61. The molecule has 2 aromatic rings. The van der Waals surface area contributed by atoms with Crippen LogP contribution in [0.25, 0.3) is 0 Å². The predicted molar refractivity (Wildman–Crippen MR) is 121 cm³/mol. The normalized spacial score (nSPS) is 19.1. The van der Waals surface area contributed by atoms with Crippen molar-refractivity contribution in [2.75, 3.05) is 38.6 Å². The maximum Gasteiger partial charge on any atom is 0.220 e. The Hall–Kier alpha value is -2.67. The van der Waals surface area contributed by atoms with Crippen LogP contribution >= 0.6 is 0 Å². The second kappa shape index (κ2) is 9.64. The summed E-state index contributed by atoms with van der Waals surface area (Å²) in [5.41, 5.74) is 3.41. The maximum absolute atomic E-state index is 12.2. The lowest BCUT2D eigenvalue weighted by Gasteiger charge is -2.35. The number of nitrogens with one attached hydrogen (secondary N) is 1. The first-order valence-electron chi connectivity index (χ1n) is 11.3. The van der Waals surface area contributed by atoms with Crippen LogP contribution in [0.1, 0.15) is 54.9 Å². The maximum atomic E-state index is 12.2. The minimum Gasteiger partial charge on any atom is -0.491 e. The molecule has 7 nitrogen and oxygen atoms in total. The zero-order valence-corrected chi connectivity index (χ0v) is 18.9. The van der Waals surface area contributed by atoms with E-state index in [1.165, 1.54) is 5.56 Å². The molecule has 0 aliphatic carbocycles. The van der Waals surface area contributed by atoms with Gasteiger partial charge >= 0.3 is 0 Å². The van der Waals surface area contributed by atoms with Crippen molar-refractivity contribution in [3.8, 4) is 5.75 Å². The minimum atomic E-state index is -0.0347. The van der Waals surface area contributed by atoms with Gasteiger partial charge in [-0.2, -0.15) is 0 Å². The molecular weight excluding hydrogens is 390 g/mol. The number of benzene rings is 1. The molecule has 0 bridgehead atoms. The van der Waals surface area contributed by atoms with Gasteiger partial charge in [0.2, 0.25) is 5.91 Å². The van der Waals surface area contributed by atoms with E-state index in [1.807, 2.05) is 23.1 Å². The van der Waals surface area contributed by atoms with E-state index >= 15 is 0 Å². The van der Waals surface area contributed by atoms with Crippen LogP contribution in [0.4, 0.5) is 5.82 Å². The number of aryl methyl sites for hydroxylation is 1. The van der Waals surface area contributed by atoms with E-state index in [4.69, 9.17) is 14.7 Å². The van der Waals surface area contributed by atoms with Crippen molar-refractivity contribution in [3.05, 3.63) is 46.9 Å². The number of aromatic nitrogens is 2. The van der Waals surface area contributed by atoms with Crippen LogP contribution in [0.5, 0.6) is 5.75 Å². The number of amides is 1. The van der Waals surface area contributed by atoms with Gasteiger partial charge in [0.15, 0.2) is 5.82 Å². The summed E-state index contributed by atoms with van der Waals surface area (Å²) in [6.45, 7) is 7.51. The third-order valence-electron chi connectivity index (χ3n) is 6.22. The summed E-state index contributed by atoms with van der Waals surface area (Å²) in [4.78, 5) is 26.3. The Morgan fingerprint density at radius 2 is 2.06 bits per heavy atom.